The molecule has 0 aromatic heterocycles. The summed E-state index contributed by atoms with van der Waals surface area (Å²) in [5.41, 5.74) is 4.17. The van der Waals surface area contributed by atoms with Crippen LogP contribution in [0.25, 0.3) is 0 Å². The van der Waals surface area contributed by atoms with E-state index < -0.39 is 0 Å². The fourth-order valence-corrected chi connectivity index (χ4v) is 1.84. The van der Waals surface area contributed by atoms with E-state index in [-0.39, 0.29) is 0 Å². The van der Waals surface area contributed by atoms with E-state index in [4.69, 9.17) is 5.26 Å². The van der Waals surface area contributed by atoms with Crippen molar-refractivity contribution in [1.29, 1.82) is 5.26 Å². The normalized spacial score (nSPS) is 9.79. The molecule has 0 aliphatic rings. The summed E-state index contributed by atoms with van der Waals surface area (Å²) in [5.74, 6) is 0.934. The van der Waals surface area contributed by atoms with Gasteiger partial charge < -0.3 is 0 Å². The first-order chi connectivity index (χ1) is 6.75. The number of hydrogen-bond donors (Lipinski definition) is 0. The third-order valence-electron chi connectivity index (χ3n) is 2.47. The average Bonchev–Trinajstić information content (AvgIpc) is 2.19. The Balaban J connectivity index is 2.51. The molecule has 0 amide bonds. The Kier molecular flexibility index (Phi) is 4.55. The van der Waals surface area contributed by atoms with Crippen LogP contribution in [0.1, 0.15) is 23.1 Å². The third kappa shape index (κ3) is 3.08. The van der Waals surface area contributed by atoms with Gasteiger partial charge in [-0.15, -0.1) is 0 Å². The van der Waals surface area contributed by atoms with Crippen molar-refractivity contribution in [1.82, 2.24) is 0 Å². The molecule has 0 spiro atoms. The first-order valence-electron chi connectivity index (χ1n) is 4.81. The summed E-state index contributed by atoms with van der Waals surface area (Å²) < 4.78 is 0. The summed E-state index contributed by atoms with van der Waals surface area (Å²) in [5, 5.41) is 10.5. The maximum atomic E-state index is 8.38. The molecule has 74 valence electrons. The fraction of sp³-hybridized carbons (Fsp3) is 0.417. The van der Waals surface area contributed by atoms with Crippen LogP contribution in [-0.4, -0.2) is 5.75 Å². The van der Waals surface area contributed by atoms with Crippen molar-refractivity contribution in [2.24, 2.45) is 0 Å². The lowest BCUT2D eigenvalue weighted by Crippen LogP contribution is -1.93. The number of nitriles is 1. The minimum atomic E-state index is 0.934. The highest BCUT2D eigenvalue weighted by atomic mass is 32.2. The topological polar surface area (TPSA) is 23.8 Å². The Morgan fingerprint density at radius 3 is 2.86 bits per heavy atom. The molecule has 0 saturated heterocycles. The summed E-state index contributed by atoms with van der Waals surface area (Å²) in [6.45, 7) is 4.31. The van der Waals surface area contributed by atoms with E-state index in [1.54, 1.807) is 0 Å². The van der Waals surface area contributed by atoms with Gasteiger partial charge in [-0.25, -0.2) is 0 Å². The molecule has 1 nitrogen and oxygen atoms in total. The number of aryl methyl sites for hydroxylation is 2. The minimum absolute atomic E-state index is 0.934. The monoisotopic (exact) mass is 205 g/mol. The number of rotatable bonds is 4. The van der Waals surface area contributed by atoms with E-state index in [1.807, 2.05) is 0 Å². The predicted octanol–water partition coefficient (Wildman–Crippen LogP) is 3.45. The van der Waals surface area contributed by atoms with Crippen LogP contribution >= 0.6 is 11.8 Å². The Bertz CT molecular complexity index is 339. The van der Waals surface area contributed by atoms with E-state index in [0.717, 1.165) is 18.6 Å². The number of thiocyanates is 1. The van der Waals surface area contributed by atoms with Crippen molar-refractivity contribution in [2.45, 2.75) is 26.7 Å². The van der Waals surface area contributed by atoms with Gasteiger partial charge in [0.25, 0.3) is 0 Å². The summed E-state index contributed by atoms with van der Waals surface area (Å²) >= 11 is 1.34. The molecule has 1 rings (SSSR count). The lowest BCUT2D eigenvalue weighted by molar-refractivity contribution is 0.922. The van der Waals surface area contributed by atoms with Crippen molar-refractivity contribution in [3.05, 3.63) is 34.9 Å². The van der Waals surface area contributed by atoms with E-state index >= 15 is 0 Å². The number of hydrogen-bond acceptors (Lipinski definition) is 2. The molecule has 0 saturated carbocycles. The highest BCUT2D eigenvalue weighted by Gasteiger charge is 1.99. The standard InChI is InChI=1S/C12H15NS/c1-10-5-3-6-12(11(10)2)7-4-8-14-9-13/h3,5-6H,4,7-8H2,1-2H3. The van der Waals surface area contributed by atoms with Crippen LogP contribution in [0.15, 0.2) is 18.2 Å². The molecule has 0 unspecified atom stereocenters. The zero-order chi connectivity index (χ0) is 10.4. The van der Waals surface area contributed by atoms with E-state index in [1.165, 1.54) is 28.5 Å². The van der Waals surface area contributed by atoms with E-state index in [0.29, 0.717) is 0 Å². The number of benzene rings is 1. The Morgan fingerprint density at radius 2 is 2.14 bits per heavy atom. The van der Waals surface area contributed by atoms with Crippen LogP contribution in [0.5, 0.6) is 0 Å². The molecule has 2 heteroatoms. The van der Waals surface area contributed by atoms with Crippen LogP contribution in [0.4, 0.5) is 0 Å². The van der Waals surface area contributed by atoms with Gasteiger partial charge in [0.2, 0.25) is 0 Å². The molecule has 0 aliphatic carbocycles. The molecule has 0 aliphatic heterocycles. The van der Waals surface area contributed by atoms with Gasteiger partial charge in [0.15, 0.2) is 0 Å². The molecule has 0 fully saturated rings. The van der Waals surface area contributed by atoms with Crippen LogP contribution in [0.3, 0.4) is 0 Å². The van der Waals surface area contributed by atoms with Gasteiger partial charge in [-0.3, -0.25) is 0 Å². The summed E-state index contributed by atoms with van der Waals surface area (Å²) in [4.78, 5) is 0. The largest absolute Gasteiger partial charge is 0.185 e. The molecule has 0 atom stereocenters. The zero-order valence-corrected chi connectivity index (χ0v) is 9.53. The van der Waals surface area contributed by atoms with Crippen molar-refractivity contribution in [2.75, 3.05) is 5.75 Å². The molecule has 0 bridgehead atoms. The van der Waals surface area contributed by atoms with Crippen LogP contribution in [0, 0.1) is 24.5 Å². The van der Waals surface area contributed by atoms with Gasteiger partial charge in [-0.1, -0.05) is 18.2 Å². The van der Waals surface area contributed by atoms with E-state index in [9.17, 15) is 0 Å². The third-order valence-corrected chi connectivity index (χ3v) is 3.10. The summed E-state index contributed by atoms with van der Waals surface area (Å²) in [7, 11) is 0. The molecule has 0 N–H and O–H groups in total. The van der Waals surface area contributed by atoms with Crippen molar-refractivity contribution >= 4 is 11.8 Å². The van der Waals surface area contributed by atoms with Gasteiger partial charge in [0.1, 0.15) is 5.40 Å². The summed E-state index contributed by atoms with van der Waals surface area (Å²) in [6.07, 6.45) is 2.17. The number of thioether (sulfide) groups is 1. The van der Waals surface area contributed by atoms with Crippen molar-refractivity contribution in [3.8, 4) is 5.40 Å². The smallest absolute Gasteiger partial charge is 0.133 e. The number of nitrogens with zero attached hydrogens (tertiary/aromatic N) is 1. The predicted molar refractivity (Wildman–Crippen MR) is 62.3 cm³/mol. The van der Waals surface area contributed by atoms with Crippen molar-refractivity contribution < 1.29 is 0 Å². The van der Waals surface area contributed by atoms with Crippen LogP contribution in [-0.2, 0) is 6.42 Å². The Labute approximate surface area is 90.1 Å². The minimum Gasteiger partial charge on any atom is -0.185 e. The van der Waals surface area contributed by atoms with Gasteiger partial charge in [-0.2, -0.15) is 5.26 Å². The second-order valence-corrected chi connectivity index (χ2v) is 4.28. The second kappa shape index (κ2) is 5.72. The molecule has 1 aromatic carbocycles. The maximum absolute atomic E-state index is 8.38. The van der Waals surface area contributed by atoms with Gasteiger partial charge >= 0.3 is 0 Å². The quantitative estimate of drug-likeness (QED) is 0.555. The summed E-state index contributed by atoms with van der Waals surface area (Å²) in [6, 6.07) is 6.43. The van der Waals surface area contributed by atoms with Gasteiger partial charge in [0, 0.05) is 5.75 Å². The van der Waals surface area contributed by atoms with Crippen molar-refractivity contribution in [3.63, 3.8) is 0 Å². The Hall–Kier alpha value is -0.940. The molecule has 0 radical (unpaired) electrons. The molecular formula is C12H15NS. The first-order valence-corrected chi connectivity index (χ1v) is 5.80. The Morgan fingerprint density at radius 1 is 1.36 bits per heavy atom. The van der Waals surface area contributed by atoms with E-state index in [2.05, 4.69) is 37.4 Å². The SMILES string of the molecule is Cc1cccc(CCCSC#N)c1C. The molecule has 14 heavy (non-hydrogen) atoms. The second-order valence-electron chi connectivity index (χ2n) is 3.40. The molecular weight excluding hydrogens is 190 g/mol. The zero-order valence-electron chi connectivity index (χ0n) is 8.71. The highest BCUT2D eigenvalue weighted by molar-refractivity contribution is 8.03. The molecule has 0 heterocycles. The highest BCUT2D eigenvalue weighted by Crippen LogP contribution is 2.15. The average molecular weight is 205 g/mol. The lowest BCUT2D eigenvalue weighted by Gasteiger charge is -2.07. The molecule has 1 aromatic rings. The van der Waals surface area contributed by atoms with Gasteiger partial charge in [0.05, 0.1) is 0 Å². The first kappa shape index (κ1) is 11.1. The fourth-order valence-electron chi connectivity index (χ4n) is 1.46. The van der Waals surface area contributed by atoms with Crippen LogP contribution in [0.2, 0.25) is 0 Å². The van der Waals surface area contributed by atoms with Gasteiger partial charge in [-0.05, 0) is 55.1 Å². The maximum Gasteiger partial charge on any atom is 0.133 e. The lowest BCUT2D eigenvalue weighted by atomic mass is 10.0. The van der Waals surface area contributed by atoms with Crippen LogP contribution < -0.4 is 0 Å².